The number of hydrogen-bond acceptors (Lipinski definition) is 3. The van der Waals surface area contributed by atoms with Gasteiger partial charge in [0.05, 0.1) is 4.92 Å². The summed E-state index contributed by atoms with van der Waals surface area (Å²) in [6.07, 6.45) is 7.29. The fraction of sp³-hybridized carbons (Fsp3) is 0.529. The Labute approximate surface area is 125 Å². The molecule has 0 amide bonds. The summed E-state index contributed by atoms with van der Waals surface area (Å²) in [4.78, 5) is 10.7. The van der Waals surface area contributed by atoms with Gasteiger partial charge in [-0.3, -0.25) is 10.1 Å². The van der Waals surface area contributed by atoms with Gasteiger partial charge in [0.15, 0.2) is 0 Å². The van der Waals surface area contributed by atoms with Crippen molar-refractivity contribution in [3.63, 3.8) is 0 Å². The van der Waals surface area contributed by atoms with E-state index in [4.69, 9.17) is 0 Å². The first-order chi connectivity index (χ1) is 9.95. The highest BCUT2D eigenvalue weighted by Crippen LogP contribution is 2.45. The normalized spacial score (nSPS) is 27.9. The lowest BCUT2D eigenvalue weighted by Crippen LogP contribution is -2.29. The Hall–Kier alpha value is -1.84. The molecule has 4 unspecified atom stereocenters. The molecule has 0 saturated heterocycles. The van der Waals surface area contributed by atoms with Gasteiger partial charge in [0.25, 0.3) is 5.69 Å². The largest absolute Gasteiger partial charge is 0.382 e. The smallest absolute Gasteiger partial charge is 0.272 e. The van der Waals surface area contributed by atoms with Gasteiger partial charge in [-0.05, 0) is 63.0 Å². The van der Waals surface area contributed by atoms with Gasteiger partial charge in [-0.25, -0.2) is 0 Å². The topological polar surface area (TPSA) is 55.2 Å². The number of nitrogens with one attached hydrogen (secondary N) is 1. The first-order valence-electron chi connectivity index (χ1n) is 7.66. The molecule has 0 radical (unpaired) electrons. The van der Waals surface area contributed by atoms with Gasteiger partial charge in [-0.2, -0.15) is 0 Å². The summed E-state index contributed by atoms with van der Waals surface area (Å²) in [6, 6.07) is 3.97. The fourth-order valence-corrected chi connectivity index (χ4v) is 3.90. The zero-order valence-corrected chi connectivity index (χ0v) is 12.8. The molecule has 2 aliphatic carbocycles. The van der Waals surface area contributed by atoms with Crippen LogP contribution in [0.5, 0.6) is 0 Å². The predicted octanol–water partition coefficient (Wildman–Crippen LogP) is 4.22. The molecule has 0 aromatic heterocycles. The molecule has 0 heterocycles. The number of benzene rings is 1. The average Bonchev–Trinajstić information content (AvgIpc) is 3.04. The Morgan fingerprint density at radius 1 is 1.24 bits per heavy atom. The van der Waals surface area contributed by atoms with Crippen LogP contribution in [0.25, 0.3) is 0 Å². The Balaban J connectivity index is 1.77. The van der Waals surface area contributed by atoms with Gasteiger partial charge in [0.1, 0.15) is 0 Å². The maximum absolute atomic E-state index is 11.0. The molecule has 2 bridgehead atoms. The second kappa shape index (κ2) is 5.17. The third-order valence-corrected chi connectivity index (χ3v) is 5.10. The molecule has 3 rings (SSSR count). The van der Waals surface area contributed by atoms with Crippen LogP contribution in [0, 0.1) is 41.7 Å². The van der Waals surface area contributed by atoms with Crippen LogP contribution in [0.4, 0.5) is 11.4 Å². The van der Waals surface area contributed by atoms with Gasteiger partial charge < -0.3 is 5.32 Å². The molecule has 112 valence electrons. The number of nitro groups is 1. The molecule has 1 saturated carbocycles. The number of rotatable bonds is 4. The van der Waals surface area contributed by atoms with Crippen LogP contribution in [0.1, 0.15) is 30.9 Å². The van der Waals surface area contributed by atoms with E-state index >= 15 is 0 Å². The summed E-state index contributed by atoms with van der Waals surface area (Å²) in [6.45, 7) is 5.96. The van der Waals surface area contributed by atoms with Gasteiger partial charge >= 0.3 is 0 Å². The second-order valence-electron chi connectivity index (χ2n) is 6.59. The molecular weight excluding hydrogens is 264 g/mol. The van der Waals surface area contributed by atoms with Crippen molar-refractivity contribution < 1.29 is 4.92 Å². The van der Waals surface area contributed by atoms with E-state index in [0.29, 0.717) is 23.4 Å². The van der Waals surface area contributed by atoms with Crippen LogP contribution in [0.15, 0.2) is 24.3 Å². The van der Waals surface area contributed by atoms with Gasteiger partial charge in [-0.1, -0.05) is 12.2 Å². The third-order valence-electron chi connectivity index (χ3n) is 5.10. The van der Waals surface area contributed by atoms with E-state index in [2.05, 4.69) is 24.4 Å². The summed E-state index contributed by atoms with van der Waals surface area (Å²) in [5.41, 5.74) is 2.89. The molecule has 21 heavy (non-hydrogen) atoms. The molecule has 1 N–H and O–H groups in total. The van der Waals surface area contributed by atoms with E-state index in [1.807, 2.05) is 13.0 Å². The van der Waals surface area contributed by atoms with Crippen molar-refractivity contribution in [3.05, 3.63) is 45.5 Å². The number of allylic oxidation sites excluding steroid dienone is 2. The highest BCUT2D eigenvalue weighted by Gasteiger charge is 2.38. The lowest BCUT2D eigenvalue weighted by molar-refractivity contribution is -0.385. The minimum atomic E-state index is -0.309. The van der Waals surface area contributed by atoms with E-state index in [9.17, 15) is 10.1 Å². The maximum Gasteiger partial charge on any atom is 0.272 e. The Morgan fingerprint density at radius 2 is 2.00 bits per heavy atom. The van der Waals surface area contributed by atoms with Crippen molar-refractivity contribution in [3.8, 4) is 0 Å². The highest BCUT2D eigenvalue weighted by atomic mass is 16.6. The Bertz CT molecular complexity index is 609. The van der Waals surface area contributed by atoms with Gasteiger partial charge in [0.2, 0.25) is 0 Å². The van der Waals surface area contributed by atoms with E-state index < -0.39 is 0 Å². The molecule has 0 spiro atoms. The molecule has 1 aromatic rings. The van der Waals surface area contributed by atoms with Crippen LogP contribution in [-0.4, -0.2) is 11.0 Å². The van der Waals surface area contributed by atoms with Crippen molar-refractivity contribution in [2.75, 3.05) is 5.32 Å². The standard InChI is InChI=1S/C17H22N2O2/c1-10-7-17(19(20)21)11(2)6-16(10)18-12(3)15-9-13-4-5-14(15)8-13/h4-7,12-15,18H,8-9H2,1-3H3. The number of aryl methyl sites for hydroxylation is 2. The highest BCUT2D eigenvalue weighted by molar-refractivity contribution is 5.59. The van der Waals surface area contributed by atoms with E-state index in [1.54, 1.807) is 13.0 Å². The second-order valence-corrected chi connectivity index (χ2v) is 6.59. The van der Waals surface area contributed by atoms with Crippen molar-refractivity contribution in [1.82, 2.24) is 0 Å². The van der Waals surface area contributed by atoms with E-state index in [1.165, 1.54) is 12.8 Å². The Kier molecular flexibility index (Phi) is 3.47. The number of nitrogens with zero attached hydrogens (tertiary/aromatic N) is 1. The molecule has 2 aliphatic rings. The molecule has 1 aromatic carbocycles. The summed E-state index contributed by atoms with van der Waals surface area (Å²) in [5, 5.41) is 14.6. The monoisotopic (exact) mass is 286 g/mol. The molecule has 4 atom stereocenters. The number of fused-ring (bicyclic) bond motifs is 2. The predicted molar refractivity (Wildman–Crippen MR) is 84.5 cm³/mol. The number of hydrogen-bond donors (Lipinski definition) is 1. The molecule has 4 heteroatoms. The van der Waals surface area contributed by atoms with Crippen molar-refractivity contribution in [2.24, 2.45) is 17.8 Å². The summed E-state index contributed by atoms with van der Waals surface area (Å²) in [7, 11) is 0. The molecular formula is C17H22N2O2. The van der Waals surface area contributed by atoms with Crippen LogP contribution >= 0.6 is 0 Å². The minimum Gasteiger partial charge on any atom is -0.382 e. The minimum absolute atomic E-state index is 0.202. The van der Waals surface area contributed by atoms with Crippen LogP contribution < -0.4 is 5.32 Å². The summed E-state index contributed by atoms with van der Waals surface area (Å²) >= 11 is 0. The maximum atomic E-state index is 11.0. The van der Waals surface area contributed by atoms with Crippen molar-refractivity contribution in [1.29, 1.82) is 0 Å². The molecule has 1 fully saturated rings. The van der Waals surface area contributed by atoms with E-state index in [0.717, 1.165) is 17.2 Å². The fourth-order valence-electron chi connectivity index (χ4n) is 3.90. The number of nitro benzene ring substituents is 1. The molecule has 4 nitrogen and oxygen atoms in total. The van der Waals surface area contributed by atoms with Crippen LogP contribution in [0.2, 0.25) is 0 Å². The zero-order valence-electron chi connectivity index (χ0n) is 12.8. The molecule has 0 aliphatic heterocycles. The zero-order chi connectivity index (χ0) is 15.1. The van der Waals surface area contributed by atoms with Crippen LogP contribution in [-0.2, 0) is 0 Å². The quantitative estimate of drug-likeness (QED) is 0.512. The van der Waals surface area contributed by atoms with Gasteiger partial charge in [-0.15, -0.1) is 0 Å². The Morgan fingerprint density at radius 3 is 2.57 bits per heavy atom. The third kappa shape index (κ3) is 2.55. The SMILES string of the molecule is Cc1cc([N+](=O)[O-])c(C)cc1NC(C)C1CC2C=CC1C2. The number of anilines is 1. The lowest BCUT2D eigenvalue weighted by atomic mass is 9.87. The first-order valence-corrected chi connectivity index (χ1v) is 7.66. The van der Waals surface area contributed by atoms with E-state index in [-0.39, 0.29) is 10.6 Å². The lowest BCUT2D eigenvalue weighted by Gasteiger charge is -2.28. The summed E-state index contributed by atoms with van der Waals surface area (Å²) < 4.78 is 0. The van der Waals surface area contributed by atoms with Crippen molar-refractivity contribution in [2.45, 2.75) is 39.7 Å². The van der Waals surface area contributed by atoms with Crippen molar-refractivity contribution >= 4 is 11.4 Å². The summed E-state index contributed by atoms with van der Waals surface area (Å²) in [5.74, 6) is 2.15. The van der Waals surface area contributed by atoms with Crippen LogP contribution in [0.3, 0.4) is 0 Å². The first kappa shape index (κ1) is 14.1. The van der Waals surface area contributed by atoms with Gasteiger partial charge in [0, 0.05) is 23.4 Å². The average molecular weight is 286 g/mol.